The summed E-state index contributed by atoms with van der Waals surface area (Å²) in [5.74, 6) is 0.969. The van der Waals surface area contributed by atoms with E-state index in [9.17, 15) is 9.90 Å². The topological polar surface area (TPSA) is 79.8 Å². The summed E-state index contributed by atoms with van der Waals surface area (Å²) in [5, 5.41) is 16.7. The van der Waals surface area contributed by atoms with Crippen LogP contribution < -0.4 is 20.1 Å². The number of carbonyl (C=O) groups is 1. The first kappa shape index (κ1) is 19.1. The molecule has 1 saturated heterocycles. The van der Waals surface area contributed by atoms with Gasteiger partial charge in [0.05, 0.1) is 11.1 Å². The summed E-state index contributed by atoms with van der Waals surface area (Å²) in [4.78, 5) is 11.9. The number of hydrogen-bond acceptors (Lipinski definition) is 5. The minimum atomic E-state index is -0.844. The van der Waals surface area contributed by atoms with Crippen molar-refractivity contribution < 1.29 is 19.4 Å². The molecular weight excluding hydrogens is 355 g/mol. The molecule has 134 valence electrons. The zero-order valence-corrected chi connectivity index (χ0v) is 14.8. The molecule has 3 N–H and O–H groups in total. The van der Waals surface area contributed by atoms with Gasteiger partial charge < -0.3 is 25.2 Å². The second-order valence-corrected chi connectivity index (χ2v) is 6.25. The molecule has 2 aliphatic rings. The number of nitrogens with one attached hydrogen (secondary N) is 2. The maximum atomic E-state index is 11.9. The van der Waals surface area contributed by atoms with E-state index in [2.05, 4.69) is 10.6 Å². The van der Waals surface area contributed by atoms with Crippen molar-refractivity contribution in [1.82, 2.24) is 10.6 Å². The van der Waals surface area contributed by atoms with Gasteiger partial charge in [-0.1, -0.05) is 11.6 Å². The highest BCUT2D eigenvalue weighted by molar-refractivity contribution is 6.32. The van der Waals surface area contributed by atoms with Gasteiger partial charge in [-0.05, 0) is 37.1 Å². The first-order chi connectivity index (χ1) is 11.1. The van der Waals surface area contributed by atoms with E-state index in [0.29, 0.717) is 41.7 Å². The van der Waals surface area contributed by atoms with Gasteiger partial charge in [0.2, 0.25) is 5.91 Å². The number of amides is 1. The number of ether oxygens (including phenoxy) is 2. The normalized spacial score (nSPS) is 20.2. The number of aliphatic hydroxyl groups is 1. The van der Waals surface area contributed by atoms with Crippen LogP contribution >= 0.6 is 24.0 Å². The molecule has 1 aromatic carbocycles. The van der Waals surface area contributed by atoms with Gasteiger partial charge in [0.25, 0.3) is 0 Å². The van der Waals surface area contributed by atoms with E-state index >= 15 is 0 Å². The first-order valence-corrected chi connectivity index (χ1v) is 8.28. The van der Waals surface area contributed by atoms with Crippen LogP contribution in [0.1, 0.15) is 30.9 Å². The van der Waals surface area contributed by atoms with Crippen LogP contribution in [0.15, 0.2) is 12.1 Å². The van der Waals surface area contributed by atoms with Crippen LogP contribution in [-0.2, 0) is 4.79 Å². The fourth-order valence-electron chi connectivity index (χ4n) is 2.88. The smallest absolute Gasteiger partial charge is 0.221 e. The number of aliphatic hydroxyl groups excluding tert-OH is 1. The van der Waals surface area contributed by atoms with Crippen LogP contribution in [-0.4, -0.2) is 43.4 Å². The predicted molar refractivity (Wildman–Crippen MR) is 93.3 cm³/mol. The highest BCUT2D eigenvalue weighted by Gasteiger charge is 2.21. The van der Waals surface area contributed by atoms with E-state index in [1.807, 2.05) is 0 Å². The van der Waals surface area contributed by atoms with E-state index in [0.717, 1.165) is 19.4 Å². The standard InChI is InChI=1S/C16H21ClN2O4.ClH/c17-12-6-10(7-14-16(12)23-5-4-22-14)13(20)9-19-15(21)8-11-2-1-3-18-11;/h6-7,11,13,18,20H,1-5,8-9H2,(H,19,21);1H. The molecule has 1 amide bonds. The van der Waals surface area contributed by atoms with Gasteiger partial charge >= 0.3 is 0 Å². The van der Waals surface area contributed by atoms with Crippen molar-refractivity contribution in [3.05, 3.63) is 22.7 Å². The van der Waals surface area contributed by atoms with Crippen LogP contribution in [0.25, 0.3) is 0 Å². The molecule has 1 fully saturated rings. The fourth-order valence-corrected chi connectivity index (χ4v) is 3.15. The third kappa shape index (κ3) is 4.66. The number of hydrogen-bond donors (Lipinski definition) is 3. The quantitative estimate of drug-likeness (QED) is 0.730. The van der Waals surface area contributed by atoms with Gasteiger partial charge in [-0.25, -0.2) is 0 Å². The van der Waals surface area contributed by atoms with Crippen molar-refractivity contribution in [3.8, 4) is 11.5 Å². The van der Waals surface area contributed by atoms with Crippen LogP contribution in [0.5, 0.6) is 11.5 Å². The minimum absolute atomic E-state index is 0. The lowest BCUT2D eigenvalue weighted by Crippen LogP contribution is -2.34. The summed E-state index contributed by atoms with van der Waals surface area (Å²) >= 11 is 6.16. The summed E-state index contributed by atoms with van der Waals surface area (Å²) < 4.78 is 10.9. The molecule has 1 aromatic rings. The molecule has 2 unspecified atom stereocenters. The third-order valence-corrected chi connectivity index (χ3v) is 4.37. The molecule has 0 aliphatic carbocycles. The lowest BCUT2D eigenvalue weighted by molar-refractivity contribution is -0.122. The molecule has 2 aliphatic heterocycles. The molecule has 2 heterocycles. The largest absolute Gasteiger partial charge is 0.486 e. The number of halogens is 2. The van der Waals surface area contributed by atoms with E-state index < -0.39 is 6.10 Å². The Morgan fingerprint density at radius 3 is 2.96 bits per heavy atom. The highest BCUT2D eigenvalue weighted by Crippen LogP contribution is 2.39. The van der Waals surface area contributed by atoms with Crippen molar-refractivity contribution in [2.75, 3.05) is 26.3 Å². The zero-order chi connectivity index (χ0) is 16.2. The SMILES string of the molecule is Cl.O=C(CC1CCCN1)NCC(O)c1cc(Cl)c2c(c1)OCCO2. The molecule has 0 radical (unpaired) electrons. The summed E-state index contributed by atoms with van der Waals surface area (Å²) in [5.41, 5.74) is 0.596. The molecule has 0 saturated carbocycles. The van der Waals surface area contributed by atoms with Crippen LogP contribution in [0.4, 0.5) is 0 Å². The lowest BCUT2D eigenvalue weighted by atomic mass is 10.1. The second kappa shape index (κ2) is 8.76. The lowest BCUT2D eigenvalue weighted by Gasteiger charge is -2.21. The molecule has 6 nitrogen and oxygen atoms in total. The Morgan fingerprint density at radius 1 is 1.42 bits per heavy atom. The Kier molecular flexibility index (Phi) is 6.98. The monoisotopic (exact) mass is 376 g/mol. The Balaban J connectivity index is 0.00000208. The van der Waals surface area contributed by atoms with Gasteiger partial charge in [-0.2, -0.15) is 0 Å². The first-order valence-electron chi connectivity index (χ1n) is 7.90. The fraction of sp³-hybridized carbons (Fsp3) is 0.562. The maximum Gasteiger partial charge on any atom is 0.221 e. The van der Waals surface area contributed by atoms with Crippen molar-refractivity contribution in [2.45, 2.75) is 31.4 Å². The Hall–Kier alpha value is -1.21. The summed E-state index contributed by atoms with van der Waals surface area (Å²) in [6, 6.07) is 3.59. The number of rotatable bonds is 5. The molecule has 2 atom stereocenters. The highest BCUT2D eigenvalue weighted by atomic mass is 35.5. The van der Waals surface area contributed by atoms with E-state index in [1.54, 1.807) is 12.1 Å². The maximum absolute atomic E-state index is 11.9. The average Bonchev–Trinajstić information content (AvgIpc) is 3.05. The molecule has 0 spiro atoms. The summed E-state index contributed by atoms with van der Waals surface area (Å²) in [6.45, 7) is 2.02. The van der Waals surface area contributed by atoms with Crippen LogP contribution in [0.2, 0.25) is 5.02 Å². The van der Waals surface area contributed by atoms with Crippen molar-refractivity contribution in [2.24, 2.45) is 0 Å². The van der Waals surface area contributed by atoms with Gasteiger partial charge in [0, 0.05) is 19.0 Å². The molecule has 0 aromatic heterocycles. The van der Waals surface area contributed by atoms with Crippen molar-refractivity contribution >= 4 is 29.9 Å². The molecule has 8 heteroatoms. The average molecular weight is 377 g/mol. The van der Waals surface area contributed by atoms with Crippen molar-refractivity contribution in [3.63, 3.8) is 0 Å². The summed E-state index contributed by atoms with van der Waals surface area (Å²) in [7, 11) is 0. The van der Waals surface area contributed by atoms with Gasteiger partial charge in [-0.3, -0.25) is 4.79 Å². The number of carbonyl (C=O) groups excluding carboxylic acids is 1. The van der Waals surface area contributed by atoms with E-state index in [1.165, 1.54) is 0 Å². The summed E-state index contributed by atoms with van der Waals surface area (Å²) in [6.07, 6.45) is 1.72. The Labute approximate surface area is 152 Å². The van der Waals surface area contributed by atoms with Gasteiger partial charge in [0.1, 0.15) is 13.2 Å². The van der Waals surface area contributed by atoms with Crippen molar-refractivity contribution in [1.29, 1.82) is 0 Å². The number of benzene rings is 1. The van der Waals surface area contributed by atoms with Gasteiger partial charge in [-0.15, -0.1) is 12.4 Å². The predicted octanol–water partition coefficient (Wildman–Crippen LogP) is 1.82. The molecular formula is C16H22Cl2N2O4. The molecule has 3 rings (SSSR count). The zero-order valence-electron chi connectivity index (χ0n) is 13.2. The van der Waals surface area contributed by atoms with Gasteiger partial charge in [0.15, 0.2) is 11.5 Å². The third-order valence-electron chi connectivity index (χ3n) is 4.09. The molecule has 24 heavy (non-hydrogen) atoms. The van der Waals surface area contributed by atoms with Crippen LogP contribution in [0, 0.1) is 0 Å². The Morgan fingerprint density at radius 2 is 2.21 bits per heavy atom. The minimum Gasteiger partial charge on any atom is -0.486 e. The van der Waals surface area contributed by atoms with E-state index in [-0.39, 0.29) is 30.9 Å². The van der Waals surface area contributed by atoms with E-state index in [4.69, 9.17) is 21.1 Å². The second-order valence-electron chi connectivity index (χ2n) is 5.84. The Bertz CT molecular complexity index is 579. The van der Waals surface area contributed by atoms with Crippen LogP contribution in [0.3, 0.4) is 0 Å². The number of fused-ring (bicyclic) bond motifs is 1. The molecule has 0 bridgehead atoms.